The zero-order chi connectivity index (χ0) is 19.0. The van der Waals surface area contributed by atoms with Crippen LogP contribution in [0.4, 0.5) is 24.7 Å². The fraction of sp³-hybridized carbons (Fsp3) is 0.150. The summed E-state index contributed by atoms with van der Waals surface area (Å²) in [6, 6.07) is 9.53. The van der Waals surface area contributed by atoms with Crippen LogP contribution in [0.15, 0.2) is 47.8 Å². The number of imidazole rings is 1. The van der Waals surface area contributed by atoms with Gasteiger partial charge in [0.15, 0.2) is 4.96 Å². The van der Waals surface area contributed by atoms with Crippen molar-refractivity contribution in [3.63, 3.8) is 0 Å². The van der Waals surface area contributed by atoms with Gasteiger partial charge < -0.3 is 5.32 Å². The number of hydrogen-bond acceptors (Lipinski definition) is 3. The minimum absolute atomic E-state index is 0.180. The van der Waals surface area contributed by atoms with Crippen molar-refractivity contribution in [1.29, 1.82) is 0 Å². The van der Waals surface area contributed by atoms with Crippen LogP contribution >= 0.6 is 11.3 Å². The third kappa shape index (κ3) is 3.19. The fourth-order valence-electron chi connectivity index (χ4n) is 3.03. The van der Waals surface area contributed by atoms with Crippen molar-refractivity contribution >= 4 is 27.8 Å². The molecule has 0 bridgehead atoms. The number of nitrogens with zero attached hydrogens (tertiary/aromatic N) is 2. The molecule has 0 aliphatic carbocycles. The molecule has 0 spiro atoms. The lowest BCUT2D eigenvalue weighted by atomic mass is 10.1. The fourth-order valence-corrected chi connectivity index (χ4v) is 3.95. The second-order valence-corrected chi connectivity index (χ2v) is 6.97. The van der Waals surface area contributed by atoms with Crippen molar-refractivity contribution < 1.29 is 13.2 Å². The van der Waals surface area contributed by atoms with Crippen LogP contribution in [0.25, 0.3) is 16.2 Å². The predicted molar refractivity (Wildman–Crippen MR) is 102 cm³/mol. The van der Waals surface area contributed by atoms with E-state index in [0.717, 1.165) is 18.5 Å². The van der Waals surface area contributed by atoms with Crippen molar-refractivity contribution in [1.82, 2.24) is 9.38 Å². The van der Waals surface area contributed by atoms with Gasteiger partial charge in [0.2, 0.25) is 0 Å². The molecular weight excluding hydrogens is 371 g/mol. The highest BCUT2D eigenvalue weighted by Gasteiger charge is 2.23. The van der Waals surface area contributed by atoms with Gasteiger partial charge in [-0.25, -0.2) is 18.2 Å². The first-order valence-corrected chi connectivity index (χ1v) is 9.42. The molecule has 4 aromatic rings. The highest BCUT2D eigenvalue weighted by atomic mass is 32.1. The monoisotopic (exact) mass is 387 g/mol. The Bertz CT molecular complexity index is 1080. The molecule has 0 amide bonds. The van der Waals surface area contributed by atoms with E-state index in [4.69, 9.17) is 0 Å². The number of thiazole rings is 1. The topological polar surface area (TPSA) is 29.3 Å². The number of aryl methyl sites for hydroxylation is 1. The van der Waals surface area contributed by atoms with Gasteiger partial charge in [-0.2, -0.15) is 0 Å². The molecule has 4 rings (SSSR count). The molecule has 0 atom stereocenters. The highest BCUT2D eigenvalue weighted by molar-refractivity contribution is 7.15. The van der Waals surface area contributed by atoms with Crippen LogP contribution in [0, 0.1) is 17.5 Å². The summed E-state index contributed by atoms with van der Waals surface area (Å²) < 4.78 is 44.0. The lowest BCUT2D eigenvalue weighted by molar-refractivity contribution is 0.589. The van der Waals surface area contributed by atoms with Crippen molar-refractivity contribution in [2.24, 2.45) is 0 Å². The zero-order valence-corrected chi connectivity index (χ0v) is 15.3. The van der Waals surface area contributed by atoms with E-state index < -0.39 is 11.6 Å². The molecular formula is C20H16F3N3S. The third-order valence-corrected chi connectivity index (χ3v) is 5.12. The van der Waals surface area contributed by atoms with E-state index in [-0.39, 0.29) is 17.1 Å². The van der Waals surface area contributed by atoms with Crippen LogP contribution in [-0.2, 0) is 6.42 Å². The largest absolute Gasteiger partial charge is 0.339 e. The number of benzene rings is 2. The Morgan fingerprint density at radius 1 is 1.04 bits per heavy atom. The molecule has 0 aliphatic rings. The van der Waals surface area contributed by atoms with E-state index in [1.54, 1.807) is 12.1 Å². The van der Waals surface area contributed by atoms with E-state index in [0.29, 0.717) is 16.5 Å². The molecule has 2 aromatic heterocycles. The van der Waals surface area contributed by atoms with E-state index in [2.05, 4.69) is 17.2 Å². The molecule has 2 aromatic carbocycles. The molecule has 2 heterocycles. The standard InChI is InChI=1S/C20H16F3N3S/c1-2-4-14-11-27-20-25-18(17-15(22)5-3-6-16(17)23)19(26(14)20)24-13-9-7-12(21)8-10-13/h3,5-11,24H,2,4H2,1H3. The van der Waals surface area contributed by atoms with Gasteiger partial charge >= 0.3 is 0 Å². The summed E-state index contributed by atoms with van der Waals surface area (Å²) >= 11 is 1.42. The molecule has 7 heteroatoms. The second kappa shape index (κ2) is 7.08. The van der Waals surface area contributed by atoms with Crippen molar-refractivity contribution in [2.45, 2.75) is 19.8 Å². The quantitative estimate of drug-likeness (QED) is 0.443. The molecule has 0 saturated carbocycles. The van der Waals surface area contributed by atoms with Crippen molar-refractivity contribution in [2.75, 3.05) is 5.32 Å². The van der Waals surface area contributed by atoms with Gasteiger partial charge in [0.1, 0.15) is 29.0 Å². The maximum atomic E-state index is 14.4. The Hall–Kier alpha value is -2.80. The van der Waals surface area contributed by atoms with E-state index in [1.807, 2.05) is 9.78 Å². The van der Waals surface area contributed by atoms with Gasteiger partial charge in [0.25, 0.3) is 0 Å². The summed E-state index contributed by atoms with van der Waals surface area (Å²) in [6.07, 6.45) is 1.72. The Balaban J connectivity index is 1.94. The molecule has 0 unspecified atom stereocenters. The van der Waals surface area contributed by atoms with Crippen molar-refractivity contribution in [3.8, 4) is 11.3 Å². The van der Waals surface area contributed by atoms with Crippen LogP contribution in [0.1, 0.15) is 19.0 Å². The lowest BCUT2D eigenvalue weighted by Crippen LogP contribution is -2.01. The normalized spacial score (nSPS) is 11.3. The molecule has 0 saturated heterocycles. The van der Waals surface area contributed by atoms with Gasteiger partial charge in [-0.05, 0) is 42.8 Å². The molecule has 0 radical (unpaired) electrons. The highest BCUT2D eigenvalue weighted by Crippen LogP contribution is 2.37. The maximum absolute atomic E-state index is 14.4. The second-order valence-electron chi connectivity index (χ2n) is 6.13. The Kier molecular flexibility index (Phi) is 4.61. The van der Waals surface area contributed by atoms with Crippen LogP contribution in [0.3, 0.4) is 0 Å². The van der Waals surface area contributed by atoms with Gasteiger partial charge in [-0.15, -0.1) is 11.3 Å². The van der Waals surface area contributed by atoms with Crippen molar-refractivity contribution in [3.05, 3.63) is 71.0 Å². The smallest absolute Gasteiger partial charge is 0.196 e. The predicted octanol–water partition coefficient (Wildman–Crippen LogP) is 6.18. The third-order valence-electron chi connectivity index (χ3n) is 4.25. The zero-order valence-electron chi connectivity index (χ0n) is 14.5. The van der Waals surface area contributed by atoms with Gasteiger partial charge in [-0.3, -0.25) is 4.40 Å². The number of halogens is 3. The van der Waals surface area contributed by atoms with Gasteiger partial charge in [0.05, 0.1) is 5.56 Å². The number of anilines is 2. The summed E-state index contributed by atoms with van der Waals surface area (Å²) in [5, 5.41) is 5.16. The van der Waals surface area contributed by atoms with E-state index in [1.165, 1.54) is 41.7 Å². The molecule has 0 aliphatic heterocycles. The number of aromatic nitrogens is 2. The number of nitrogens with one attached hydrogen (secondary N) is 1. The molecule has 3 nitrogen and oxygen atoms in total. The van der Waals surface area contributed by atoms with Crippen LogP contribution in [0.2, 0.25) is 0 Å². The summed E-state index contributed by atoms with van der Waals surface area (Å²) in [5.41, 5.74) is 1.61. The summed E-state index contributed by atoms with van der Waals surface area (Å²) in [6.45, 7) is 2.06. The Morgan fingerprint density at radius 3 is 2.41 bits per heavy atom. The first kappa shape index (κ1) is 17.6. The first-order chi connectivity index (χ1) is 13.1. The Labute approximate surface area is 158 Å². The lowest BCUT2D eigenvalue weighted by Gasteiger charge is -2.11. The summed E-state index contributed by atoms with van der Waals surface area (Å²) in [4.78, 5) is 5.13. The molecule has 27 heavy (non-hydrogen) atoms. The summed E-state index contributed by atoms with van der Waals surface area (Å²) in [7, 11) is 0. The number of rotatable bonds is 5. The van der Waals surface area contributed by atoms with Crippen LogP contribution < -0.4 is 5.32 Å². The maximum Gasteiger partial charge on any atom is 0.196 e. The minimum Gasteiger partial charge on any atom is -0.339 e. The molecule has 138 valence electrons. The molecule has 1 N–H and O–H groups in total. The number of fused-ring (bicyclic) bond motifs is 1. The average molecular weight is 387 g/mol. The first-order valence-electron chi connectivity index (χ1n) is 8.54. The minimum atomic E-state index is -0.681. The Morgan fingerprint density at radius 2 is 1.74 bits per heavy atom. The molecule has 0 fully saturated rings. The van der Waals surface area contributed by atoms with Gasteiger partial charge in [-0.1, -0.05) is 19.4 Å². The SMILES string of the molecule is CCCc1csc2nc(-c3c(F)cccc3F)c(Nc3ccc(F)cc3)n12. The van der Waals surface area contributed by atoms with E-state index >= 15 is 0 Å². The van der Waals surface area contributed by atoms with E-state index in [9.17, 15) is 13.2 Å². The average Bonchev–Trinajstić information content (AvgIpc) is 3.18. The summed E-state index contributed by atoms with van der Waals surface area (Å²) in [5.74, 6) is -1.26. The van der Waals surface area contributed by atoms with Crippen LogP contribution in [0.5, 0.6) is 0 Å². The van der Waals surface area contributed by atoms with Gasteiger partial charge in [0, 0.05) is 16.8 Å². The van der Waals surface area contributed by atoms with Crippen LogP contribution in [-0.4, -0.2) is 9.38 Å². The number of hydrogen-bond donors (Lipinski definition) is 1.